The van der Waals surface area contributed by atoms with E-state index in [1.54, 1.807) is 6.07 Å². The van der Waals surface area contributed by atoms with Crippen molar-refractivity contribution in [3.8, 4) is 5.75 Å². The molecule has 2 fully saturated rings. The molecule has 1 amide bonds. The molecule has 2 atom stereocenters. The van der Waals surface area contributed by atoms with Crippen LogP contribution in [0.1, 0.15) is 24.8 Å². The molecule has 6 heteroatoms. The number of carbonyl (C=O) groups excluding carboxylic acids is 1. The van der Waals surface area contributed by atoms with Crippen LogP contribution in [0.5, 0.6) is 5.75 Å². The van der Waals surface area contributed by atoms with Crippen molar-refractivity contribution in [2.75, 3.05) is 18.5 Å². The molecule has 1 heterocycles. The molecule has 3 rings (SSSR count). The summed E-state index contributed by atoms with van der Waals surface area (Å²) in [6.07, 6.45) is 2.36. The molecule has 23 heavy (non-hydrogen) atoms. The van der Waals surface area contributed by atoms with Gasteiger partial charge in [-0.05, 0) is 37.1 Å². The maximum Gasteiger partial charge on any atom is 0.307 e. The lowest BCUT2D eigenvalue weighted by molar-refractivity contribution is -0.139. The third-order valence-corrected chi connectivity index (χ3v) is 4.35. The maximum atomic E-state index is 12.0. The van der Waals surface area contributed by atoms with Crippen LogP contribution in [-0.4, -0.2) is 36.3 Å². The van der Waals surface area contributed by atoms with E-state index in [2.05, 4.69) is 5.32 Å². The van der Waals surface area contributed by atoms with Crippen LogP contribution in [0.2, 0.25) is 0 Å². The van der Waals surface area contributed by atoms with Gasteiger partial charge in [-0.15, -0.1) is 0 Å². The van der Waals surface area contributed by atoms with Gasteiger partial charge < -0.3 is 19.9 Å². The van der Waals surface area contributed by atoms with Gasteiger partial charge in [-0.1, -0.05) is 0 Å². The molecule has 2 aliphatic rings. The molecule has 0 radical (unpaired) electrons. The van der Waals surface area contributed by atoms with Crippen molar-refractivity contribution in [2.24, 2.45) is 11.8 Å². The summed E-state index contributed by atoms with van der Waals surface area (Å²) in [5.74, 6) is -1.26. The number of carboxylic acids is 1. The largest absolute Gasteiger partial charge is 0.490 e. The minimum absolute atomic E-state index is 0.172. The monoisotopic (exact) mass is 319 g/mol. The molecule has 124 valence electrons. The Bertz CT molecular complexity index is 609. The third-order valence-electron chi connectivity index (χ3n) is 4.35. The molecule has 1 saturated heterocycles. The van der Waals surface area contributed by atoms with Gasteiger partial charge in [0.15, 0.2) is 0 Å². The molecule has 0 aromatic heterocycles. The maximum absolute atomic E-state index is 12.0. The quantitative estimate of drug-likeness (QED) is 0.869. The van der Waals surface area contributed by atoms with Gasteiger partial charge in [-0.25, -0.2) is 0 Å². The highest BCUT2D eigenvalue weighted by molar-refractivity contribution is 5.98. The lowest BCUT2D eigenvalue weighted by Gasteiger charge is -2.24. The second-order valence-corrected chi connectivity index (χ2v) is 6.19. The van der Waals surface area contributed by atoms with Gasteiger partial charge in [0.05, 0.1) is 25.0 Å². The Morgan fingerprint density at radius 3 is 2.61 bits per heavy atom. The molecule has 2 N–H and O–H groups in total. The zero-order valence-electron chi connectivity index (χ0n) is 13.1. The van der Waals surface area contributed by atoms with Crippen molar-refractivity contribution in [3.63, 3.8) is 0 Å². The fourth-order valence-electron chi connectivity index (χ4n) is 2.83. The van der Waals surface area contributed by atoms with E-state index in [1.807, 2.05) is 19.1 Å². The van der Waals surface area contributed by atoms with Crippen molar-refractivity contribution in [1.29, 1.82) is 0 Å². The van der Waals surface area contributed by atoms with E-state index >= 15 is 0 Å². The highest BCUT2D eigenvalue weighted by Crippen LogP contribution is 2.39. The fraction of sp³-hybridized carbons (Fsp3) is 0.529. The Morgan fingerprint density at radius 2 is 2.00 bits per heavy atom. The van der Waals surface area contributed by atoms with Crippen molar-refractivity contribution in [2.45, 2.75) is 32.3 Å². The average molecular weight is 319 g/mol. The van der Waals surface area contributed by atoms with Crippen molar-refractivity contribution >= 4 is 17.6 Å². The first-order valence-corrected chi connectivity index (χ1v) is 7.93. The summed E-state index contributed by atoms with van der Waals surface area (Å²) in [5, 5.41) is 11.7. The van der Waals surface area contributed by atoms with Crippen LogP contribution in [0.3, 0.4) is 0 Å². The summed E-state index contributed by atoms with van der Waals surface area (Å²) in [4.78, 5) is 22.8. The van der Waals surface area contributed by atoms with Gasteiger partial charge in [0.2, 0.25) is 5.91 Å². The summed E-state index contributed by atoms with van der Waals surface area (Å²) in [6.45, 7) is 3.38. The molecule has 1 aromatic rings. The van der Waals surface area contributed by atoms with Crippen LogP contribution in [0.25, 0.3) is 0 Å². The van der Waals surface area contributed by atoms with Gasteiger partial charge in [0, 0.05) is 18.5 Å². The average Bonchev–Trinajstić information content (AvgIpc) is 3.32. The van der Waals surface area contributed by atoms with Crippen molar-refractivity contribution in [1.82, 2.24) is 0 Å². The minimum atomic E-state index is -0.901. The number of hydrogen-bond acceptors (Lipinski definition) is 4. The number of anilines is 1. The number of ether oxygens (including phenoxy) is 2. The zero-order valence-corrected chi connectivity index (χ0v) is 13.1. The lowest BCUT2D eigenvalue weighted by atomic mass is 10.1. The molecule has 1 saturated carbocycles. The molecule has 2 unspecified atom stereocenters. The number of amides is 1. The lowest BCUT2D eigenvalue weighted by Crippen LogP contribution is -2.26. The molecule has 1 aliphatic carbocycles. The predicted molar refractivity (Wildman–Crippen MR) is 83.5 cm³/mol. The van der Waals surface area contributed by atoms with E-state index in [0.717, 1.165) is 37.4 Å². The van der Waals surface area contributed by atoms with E-state index in [9.17, 15) is 9.59 Å². The number of hydrogen-bond donors (Lipinski definition) is 2. The Labute approximate surface area is 134 Å². The molecule has 1 aromatic carbocycles. The summed E-state index contributed by atoms with van der Waals surface area (Å²) < 4.78 is 11.3. The molecule has 6 nitrogen and oxygen atoms in total. The number of aryl methyl sites for hydroxylation is 1. The van der Waals surface area contributed by atoms with Gasteiger partial charge in [-0.2, -0.15) is 0 Å². The van der Waals surface area contributed by atoms with Crippen LogP contribution in [0, 0.1) is 18.8 Å². The Hall–Kier alpha value is -2.08. The van der Waals surface area contributed by atoms with Crippen LogP contribution in [0.4, 0.5) is 5.69 Å². The second-order valence-electron chi connectivity index (χ2n) is 6.19. The number of nitrogens with one attached hydrogen (secondary N) is 1. The molecule has 1 aliphatic heterocycles. The smallest absolute Gasteiger partial charge is 0.307 e. The van der Waals surface area contributed by atoms with Crippen LogP contribution >= 0.6 is 0 Å². The predicted octanol–water partition coefficient (Wildman–Crippen LogP) is 2.21. The van der Waals surface area contributed by atoms with E-state index in [1.165, 1.54) is 0 Å². The number of carbonyl (C=O) groups is 2. The van der Waals surface area contributed by atoms with Gasteiger partial charge in [0.1, 0.15) is 11.9 Å². The summed E-state index contributed by atoms with van der Waals surface area (Å²) >= 11 is 0. The number of carboxylic acid groups (broad SMARTS) is 1. The molecule has 0 bridgehead atoms. The fourth-order valence-corrected chi connectivity index (χ4v) is 2.83. The summed E-state index contributed by atoms with van der Waals surface area (Å²) in [7, 11) is 0. The van der Waals surface area contributed by atoms with Crippen LogP contribution < -0.4 is 10.1 Å². The second kappa shape index (κ2) is 6.58. The van der Waals surface area contributed by atoms with Crippen molar-refractivity contribution in [3.05, 3.63) is 23.8 Å². The van der Waals surface area contributed by atoms with Gasteiger partial charge in [-0.3, -0.25) is 9.59 Å². The minimum Gasteiger partial charge on any atom is -0.490 e. The van der Waals surface area contributed by atoms with E-state index in [4.69, 9.17) is 14.6 Å². The topological polar surface area (TPSA) is 84.9 Å². The van der Waals surface area contributed by atoms with E-state index in [0.29, 0.717) is 12.1 Å². The standard InChI is InChI=1S/C17H21NO5/c1-10-8-11(18-16(19)13-9-14(13)17(20)21)2-3-15(10)23-12-4-6-22-7-5-12/h2-3,8,12-14H,4-7,9H2,1H3,(H,18,19)(H,20,21). The Morgan fingerprint density at radius 1 is 1.26 bits per heavy atom. The Kier molecular flexibility index (Phi) is 4.52. The highest BCUT2D eigenvalue weighted by atomic mass is 16.5. The number of benzene rings is 1. The third kappa shape index (κ3) is 3.82. The Balaban J connectivity index is 1.58. The number of aliphatic carboxylic acids is 1. The first-order valence-electron chi connectivity index (χ1n) is 7.93. The molecule has 0 spiro atoms. The zero-order chi connectivity index (χ0) is 16.4. The molecular weight excluding hydrogens is 298 g/mol. The van der Waals surface area contributed by atoms with E-state index < -0.39 is 17.8 Å². The first-order chi connectivity index (χ1) is 11.0. The van der Waals surface area contributed by atoms with Crippen molar-refractivity contribution < 1.29 is 24.2 Å². The SMILES string of the molecule is Cc1cc(NC(=O)C2CC2C(=O)O)ccc1OC1CCOCC1. The van der Waals surface area contributed by atoms with Gasteiger partial charge >= 0.3 is 5.97 Å². The van der Waals surface area contributed by atoms with Crippen LogP contribution in [0.15, 0.2) is 18.2 Å². The normalized spacial score (nSPS) is 24.0. The highest BCUT2D eigenvalue weighted by Gasteiger charge is 2.48. The summed E-state index contributed by atoms with van der Waals surface area (Å²) in [5.41, 5.74) is 1.61. The molecular formula is C17H21NO5. The van der Waals surface area contributed by atoms with Gasteiger partial charge in [0.25, 0.3) is 0 Å². The number of rotatable bonds is 5. The van der Waals surface area contributed by atoms with E-state index in [-0.39, 0.29) is 12.0 Å². The van der Waals surface area contributed by atoms with Crippen LogP contribution in [-0.2, 0) is 14.3 Å². The summed E-state index contributed by atoms with van der Waals surface area (Å²) in [6, 6.07) is 5.49. The first kappa shape index (κ1) is 15.8.